The fraction of sp³-hybridized carbons (Fsp3) is 0.364. The Hall–Kier alpha value is -1.55. The van der Waals surface area contributed by atoms with Crippen LogP contribution >= 0.6 is 0 Å². The first-order valence-electron chi connectivity index (χ1n) is 4.88. The van der Waals surface area contributed by atoms with E-state index in [1.807, 2.05) is 6.92 Å². The lowest BCUT2D eigenvalue weighted by molar-refractivity contribution is 0.0915. The van der Waals surface area contributed by atoms with E-state index in [1.165, 1.54) is 24.3 Å². The summed E-state index contributed by atoms with van der Waals surface area (Å²) in [7, 11) is 0. The lowest BCUT2D eigenvalue weighted by Crippen LogP contribution is -2.36. The van der Waals surface area contributed by atoms with Gasteiger partial charge in [0.15, 0.2) is 0 Å². The highest BCUT2D eigenvalue weighted by atomic mass is 16.3. The maximum Gasteiger partial charge on any atom is 0.251 e. The molecule has 1 rings (SSSR count). The molecule has 0 aliphatic carbocycles. The van der Waals surface area contributed by atoms with Gasteiger partial charge in [-0.15, -0.1) is 0 Å². The van der Waals surface area contributed by atoms with Crippen LogP contribution < -0.4 is 5.32 Å². The van der Waals surface area contributed by atoms with Crippen molar-refractivity contribution in [1.82, 2.24) is 5.32 Å². The minimum atomic E-state index is -0.240. The number of nitrogens with one attached hydrogen (secondary N) is 1. The fourth-order valence-electron chi connectivity index (χ4n) is 1.16. The quantitative estimate of drug-likeness (QED) is 0.689. The maximum absolute atomic E-state index is 11.6. The number of phenols is 1. The zero-order chi connectivity index (χ0) is 11.3. The summed E-state index contributed by atoms with van der Waals surface area (Å²) in [5.41, 5.74) is 0.472. The second-order valence-corrected chi connectivity index (χ2v) is 3.31. The highest BCUT2D eigenvalue weighted by molar-refractivity contribution is 5.94. The SMILES string of the molecule is CC[C@@H](CO)NC(=O)c1ccc(O)cc1. The van der Waals surface area contributed by atoms with Crippen LogP contribution in [0.25, 0.3) is 0 Å². The van der Waals surface area contributed by atoms with Crippen molar-refractivity contribution in [2.24, 2.45) is 0 Å². The Morgan fingerprint density at radius 3 is 2.47 bits per heavy atom. The third-order valence-electron chi connectivity index (χ3n) is 2.18. The molecular formula is C11H15NO3. The Morgan fingerprint density at radius 1 is 1.40 bits per heavy atom. The topological polar surface area (TPSA) is 69.6 Å². The number of phenolic OH excluding ortho intramolecular Hbond substituents is 1. The molecule has 0 aliphatic heterocycles. The number of rotatable bonds is 4. The molecule has 0 radical (unpaired) electrons. The molecule has 0 unspecified atom stereocenters. The number of carbonyl (C=O) groups excluding carboxylic acids is 1. The van der Waals surface area contributed by atoms with Gasteiger partial charge in [0.25, 0.3) is 5.91 Å². The number of aromatic hydroxyl groups is 1. The number of carbonyl (C=O) groups is 1. The Bertz CT molecular complexity index is 317. The van der Waals surface area contributed by atoms with Crippen LogP contribution in [-0.2, 0) is 0 Å². The van der Waals surface area contributed by atoms with Gasteiger partial charge in [0.1, 0.15) is 5.75 Å². The van der Waals surface area contributed by atoms with Crippen molar-refractivity contribution in [3.05, 3.63) is 29.8 Å². The monoisotopic (exact) mass is 209 g/mol. The summed E-state index contributed by atoms with van der Waals surface area (Å²) < 4.78 is 0. The first kappa shape index (κ1) is 11.5. The van der Waals surface area contributed by atoms with Gasteiger partial charge >= 0.3 is 0 Å². The maximum atomic E-state index is 11.6. The van der Waals surface area contributed by atoms with E-state index in [-0.39, 0.29) is 24.3 Å². The van der Waals surface area contributed by atoms with Crippen molar-refractivity contribution in [2.45, 2.75) is 19.4 Å². The molecule has 15 heavy (non-hydrogen) atoms. The molecule has 0 spiro atoms. The second-order valence-electron chi connectivity index (χ2n) is 3.31. The average Bonchev–Trinajstić information content (AvgIpc) is 2.26. The molecule has 0 saturated carbocycles. The van der Waals surface area contributed by atoms with Gasteiger partial charge in [0, 0.05) is 5.56 Å². The molecule has 1 aromatic rings. The van der Waals surface area contributed by atoms with Crippen molar-refractivity contribution >= 4 is 5.91 Å². The summed E-state index contributed by atoms with van der Waals surface area (Å²) in [6, 6.07) is 5.76. The van der Waals surface area contributed by atoms with Crippen molar-refractivity contribution in [1.29, 1.82) is 0 Å². The lowest BCUT2D eigenvalue weighted by atomic mass is 10.1. The molecule has 1 aromatic carbocycles. The van der Waals surface area contributed by atoms with Crippen LogP contribution in [0, 0.1) is 0 Å². The van der Waals surface area contributed by atoms with E-state index in [0.717, 1.165) is 0 Å². The van der Waals surface area contributed by atoms with E-state index in [2.05, 4.69) is 5.32 Å². The molecule has 1 atom stereocenters. The smallest absolute Gasteiger partial charge is 0.251 e. The summed E-state index contributed by atoms with van der Waals surface area (Å²) in [6.07, 6.45) is 0.681. The largest absolute Gasteiger partial charge is 0.508 e. The number of amides is 1. The summed E-state index contributed by atoms with van der Waals surface area (Å²) >= 11 is 0. The average molecular weight is 209 g/mol. The minimum Gasteiger partial charge on any atom is -0.508 e. The zero-order valence-corrected chi connectivity index (χ0v) is 8.60. The predicted molar refractivity (Wildman–Crippen MR) is 56.7 cm³/mol. The number of hydrogen-bond donors (Lipinski definition) is 3. The standard InChI is InChI=1S/C11H15NO3/c1-2-9(7-13)12-11(15)8-3-5-10(14)6-4-8/h3-6,9,13-14H,2,7H2,1H3,(H,12,15)/t9-/m0/s1. The van der Waals surface area contributed by atoms with Gasteiger partial charge in [-0.2, -0.15) is 0 Å². The van der Waals surface area contributed by atoms with Crippen LogP contribution in [0.4, 0.5) is 0 Å². The van der Waals surface area contributed by atoms with E-state index in [4.69, 9.17) is 10.2 Å². The molecule has 1 amide bonds. The number of aliphatic hydroxyl groups is 1. The first-order valence-corrected chi connectivity index (χ1v) is 4.88. The Kier molecular flexibility index (Phi) is 4.12. The van der Waals surface area contributed by atoms with Crippen molar-refractivity contribution < 1.29 is 15.0 Å². The van der Waals surface area contributed by atoms with Gasteiger partial charge in [-0.05, 0) is 30.7 Å². The van der Waals surface area contributed by atoms with Gasteiger partial charge in [0.2, 0.25) is 0 Å². The Balaban J connectivity index is 2.64. The number of hydrogen-bond acceptors (Lipinski definition) is 3. The predicted octanol–water partition coefficient (Wildman–Crippen LogP) is 0.893. The summed E-state index contributed by atoms with van der Waals surface area (Å²) in [5, 5.41) is 20.6. The van der Waals surface area contributed by atoms with E-state index >= 15 is 0 Å². The molecule has 3 N–H and O–H groups in total. The summed E-state index contributed by atoms with van der Waals surface area (Å²) in [6.45, 7) is 1.82. The molecule has 4 nitrogen and oxygen atoms in total. The van der Waals surface area contributed by atoms with Crippen molar-refractivity contribution in [3.8, 4) is 5.75 Å². The van der Waals surface area contributed by atoms with Gasteiger partial charge in [-0.3, -0.25) is 4.79 Å². The highest BCUT2D eigenvalue weighted by Crippen LogP contribution is 2.09. The molecule has 4 heteroatoms. The molecule has 0 aliphatic rings. The number of benzene rings is 1. The van der Waals surface area contributed by atoms with Crippen molar-refractivity contribution in [2.75, 3.05) is 6.61 Å². The molecule has 0 aromatic heterocycles. The fourth-order valence-corrected chi connectivity index (χ4v) is 1.16. The molecule has 0 saturated heterocycles. The Labute approximate surface area is 88.6 Å². The molecule has 0 fully saturated rings. The van der Waals surface area contributed by atoms with Gasteiger partial charge in [0.05, 0.1) is 12.6 Å². The molecule has 0 heterocycles. The number of aliphatic hydroxyl groups excluding tert-OH is 1. The second kappa shape index (κ2) is 5.36. The third-order valence-corrected chi connectivity index (χ3v) is 2.18. The highest BCUT2D eigenvalue weighted by Gasteiger charge is 2.10. The summed E-state index contributed by atoms with van der Waals surface area (Å²) in [5.74, 6) is -0.114. The molecule has 82 valence electrons. The van der Waals surface area contributed by atoms with Gasteiger partial charge in [-0.1, -0.05) is 6.92 Å². The van der Waals surface area contributed by atoms with Crippen LogP contribution in [0.2, 0.25) is 0 Å². The normalized spacial score (nSPS) is 12.1. The summed E-state index contributed by atoms with van der Waals surface area (Å²) in [4.78, 5) is 11.6. The van der Waals surface area contributed by atoms with E-state index in [9.17, 15) is 4.79 Å². The van der Waals surface area contributed by atoms with E-state index in [0.29, 0.717) is 12.0 Å². The first-order chi connectivity index (χ1) is 7.17. The lowest BCUT2D eigenvalue weighted by Gasteiger charge is -2.13. The van der Waals surface area contributed by atoms with Gasteiger partial charge in [-0.25, -0.2) is 0 Å². The zero-order valence-electron chi connectivity index (χ0n) is 8.60. The Morgan fingerprint density at radius 2 is 2.00 bits per heavy atom. The van der Waals surface area contributed by atoms with E-state index in [1.54, 1.807) is 0 Å². The third kappa shape index (κ3) is 3.25. The van der Waals surface area contributed by atoms with Crippen LogP contribution in [0.5, 0.6) is 5.75 Å². The van der Waals surface area contributed by atoms with Crippen LogP contribution in [0.1, 0.15) is 23.7 Å². The van der Waals surface area contributed by atoms with Crippen LogP contribution in [0.3, 0.4) is 0 Å². The van der Waals surface area contributed by atoms with Crippen molar-refractivity contribution in [3.63, 3.8) is 0 Å². The van der Waals surface area contributed by atoms with Gasteiger partial charge < -0.3 is 15.5 Å². The van der Waals surface area contributed by atoms with E-state index < -0.39 is 0 Å². The molecular weight excluding hydrogens is 194 g/mol. The van der Waals surface area contributed by atoms with Crippen LogP contribution in [-0.4, -0.2) is 28.8 Å². The molecule has 0 bridgehead atoms. The van der Waals surface area contributed by atoms with Crippen LogP contribution in [0.15, 0.2) is 24.3 Å². The minimum absolute atomic E-state index is 0.0691.